The Morgan fingerprint density at radius 3 is 1.58 bits per heavy atom. The van der Waals surface area contributed by atoms with Crippen molar-refractivity contribution >= 4 is 5.97 Å². The summed E-state index contributed by atoms with van der Waals surface area (Å²) in [5.41, 5.74) is 0. The number of unbranched alkanes of at least 4 members (excludes halogenated alkanes) is 15. The molecule has 0 saturated heterocycles. The average Bonchev–Trinajstić information content (AvgIpc) is 2.77. The molecule has 0 radical (unpaired) electrons. The number of esters is 1. The highest BCUT2D eigenvalue weighted by Crippen LogP contribution is 2.12. The molecule has 0 amide bonds. The van der Waals surface area contributed by atoms with Crippen molar-refractivity contribution in [3.63, 3.8) is 0 Å². The highest BCUT2D eigenvalue weighted by atomic mass is 16.5. The second-order valence-electron chi connectivity index (χ2n) is 9.19. The summed E-state index contributed by atoms with van der Waals surface area (Å²) in [5, 5.41) is 9.26. The number of aliphatic hydroxyl groups is 1. The van der Waals surface area contributed by atoms with Crippen molar-refractivity contribution in [2.45, 2.75) is 136 Å². The maximum Gasteiger partial charge on any atom is 0.305 e. The minimum atomic E-state index is -0.0412. The van der Waals surface area contributed by atoms with Gasteiger partial charge in [0.15, 0.2) is 0 Å². The van der Waals surface area contributed by atoms with Crippen LogP contribution in [0.3, 0.4) is 0 Å². The molecule has 0 bridgehead atoms. The zero-order chi connectivity index (χ0) is 22.8. The second kappa shape index (κ2) is 25.6. The Labute approximate surface area is 194 Å². The van der Waals surface area contributed by atoms with Crippen molar-refractivity contribution in [3.05, 3.63) is 0 Å². The molecule has 0 aliphatic carbocycles. The van der Waals surface area contributed by atoms with Gasteiger partial charge in [0.1, 0.15) is 0 Å². The standard InChI is InChI=1S/C27H55NO3/c1-3-5-7-9-11-12-13-14-15-16-18-21-27(30)31-26-20-23-28(24-25-29)22-19-17-10-8-6-4-2/h29H,3-26H2,1-2H3. The topological polar surface area (TPSA) is 49.8 Å². The number of carbonyl (C=O) groups is 1. The molecule has 0 saturated carbocycles. The Bertz CT molecular complexity index is 362. The molecule has 186 valence electrons. The van der Waals surface area contributed by atoms with Crippen LogP contribution >= 0.6 is 0 Å². The quantitative estimate of drug-likeness (QED) is 0.119. The molecular weight excluding hydrogens is 386 g/mol. The van der Waals surface area contributed by atoms with Gasteiger partial charge >= 0.3 is 5.97 Å². The van der Waals surface area contributed by atoms with Crippen LogP contribution in [0.1, 0.15) is 136 Å². The molecule has 0 spiro atoms. The highest BCUT2D eigenvalue weighted by Gasteiger charge is 2.06. The number of hydrogen-bond acceptors (Lipinski definition) is 4. The maximum absolute atomic E-state index is 11.9. The van der Waals surface area contributed by atoms with Crippen molar-refractivity contribution in [1.29, 1.82) is 0 Å². The summed E-state index contributed by atoms with van der Waals surface area (Å²) in [5.74, 6) is -0.0412. The lowest BCUT2D eigenvalue weighted by molar-refractivity contribution is -0.144. The van der Waals surface area contributed by atoms with Crippen LogP contribution in [-0.2, 0) is 9.53 Å². The van der Waals surface area contributed by atoms with Gasteiger partial charge < -0.3 is 14.7 Å². The first-order valence-corrected chi connectivity index (χ1v) is 13.7. The zero-order valence-corrected chi connectivity index (χ0v) is 21.2. The molecule has 0 fully saturated rings. The predicted octanol–water partition coefficient (Wildman–Crippen LogP) is 7.28. The van der Waals surface area contributed by atoms with E-state index in [0.29, 0.717) is 13.0 Å². The third-order valence-electron chi connectivity index (χ3n) is 6.11. The average molecular weight is 442 g/mol. The fourth-order valence-corrected chi connectivity index (χ4v) is 4.07. The smallest absolute Gasteiger partial charge is 0.305 e. The van der Waals surface area contributed by atoms with Gasteiger partial charge in [0.25, 0.3) is 0 Å². The van der Waals surface area contributed by atoms with Crippen LogP contribution < -0.4 is 0 Å². The number of hydrogen-bond donors (Lipinski definition) is 1. The first-order chi connectivity index (χ1) is 15.2. The summed E-state index contributed by atoms with van der Waals surface area (Å²) in [6.45, 7) is 7.89. The van der Waals surface area contributed by atoms with Gasteiger partial charge in [-0.2, -0.15) is 0 Å². The predicted molar refractivity (Wildman–Crippen MR) is 134 cm³/mol. The van der Waals surface area contributed by atoms with E-state index in [1.807, 2.05) is 0 Å². The summed E-state index contributed by atoms with van der Waals surface area (Å²) < 4.78 is 5.40. The molecule has 0 aliphatic rings. The number of carbonyl (C=O) groups excluding carboxylic acids is 1. The van der Waals surface area contributed by atoms with Gasteiger partial charge in [0.2, 0.25) is 0 Å². The molecular formula is C27H55NO3. The summed E-state index contributed by atoms with van der Waals surface area (Å²) in [6.07, 6.45) is 23.5. The van der Waals surface area contributed by atoms with Crippen molar-refractivity contribution in [2.75, 3.05) is 32.8 Å². The van der Waals surface area contributed by atoms with Gasteiger partial charge in [0, 0.05) is 19.5 Å². The molecule has 0 unspecified atom stereocenters. The number of aliphatic hydroxyl groups excluding tert-OH is 1. The van der Waals surface area contributed by atoms with Crippen LogP contribution in [0.4, 0.5) is 0 Å². The van der Waals surface area contributed by atoms with E-state index < -0.39 is 0 Å². The molecule has 0 rings (SSSR count). The number of nitrogens with zero attached hydrogens (tertiary/aromatic N) is 1. The van der Waals surface area contributed by atoms with Gasteiger partial charge in [0.05, 0.1) is 13.2 Å². The Kier molecular flexibility index (Phi) is 25.1. The van der Waals surface area contributed by atoms with E-state index in [1.165, 1.54) is 96.3 Å². The van der Waals surface area contributed by atoms with E-state index in [0.717, 1.165) is 38.9 Å². The molecule has 0 aliphatic heterocycles. The SMILES string of the molecule is CCCCCCCCCCCCCC(=O)OCCCN(CCO)CCCCCCCC. The maximum atomic E-state index is 11.9. The van der Waals surface area contributed by atoms with Crippen molar-refractivity contribution in [1.82, 2.24) is 4.90 Å². The van der Waals surface area contributed by atoms with Crippen LogP contribution in [0, 0.1) is 0 Å². The molecule has 0 aromatic heterocycles. The molecule has 4 heteroatoms. The largest absolute Gasteiger partial charge is 0.466 e. The third kappa shape index (κ3) is 23.9. The number of ether oxygens (including phenoxy) is 1. The third-order valence-corrected chi connectivity index (χ3v) is 6.11. The van der Waals surface area contributed by atoms with Crippen LogP contribution in [0.25, 0.3) is 0 Å². The monoisotopic (exact) mass is 441 g/mol. The molecule has 31 heavy (non-hydrogen) atoms. The van der Waals surface area contributed by atoms with Gasteiger partial charge in [-0.25, -0.2) is 0 Å². The summed E-state index contributed by atoms with van der Waals surface area (Å²) >= 11 is 0. The first kappa shape index (κ1) is 30.4. The Morgan fingerprint density at radius 2 is 1.06 bits per heavy atom. The lowest BCUT2D eigenvalue weighted by atomic mass is 10.1. The molecule has 0 aromatic carbocycles. The second-order valence-corrected chi connectivity index (χ2v) is 9.19. The summed E-state index contributed by atoms with van der Waals surface area (Å²) in [4.78, 5) is 14.2. The zero-order valence-electron chi connectivity index (χ0n) is 21.2. The van der Waals surface area contributed by atoms with E-state index in [2.05, 4.69) is 18.7 Å². The van der Waals surface area contributed by atoms with E-state index in [9.17, 15) is 9.90 Å². The normalized spacial score (nSPS) is 11.4. The molecule has 4 nitrogen and oxygen atoms in total. The minimum Gasteiger partial charge on any atom is -0.466 e. The van der Waals surface area contributed by atoms with Gasteiger partial charge in [-0.1, -0.05) is 110 Å². The molecule has 0 atom stereocenters. The van der Waals surface area contributed by atoms with E-state index >= 15 is 0 Å². The fourth-order valence-electron chi connectivity index (χ4n) is 4.07. The van der Waals surface area contributed by atoms with E-state index in [-0.39, 0.29) is 12.6 Å². The summed E-state index contributed by atoms with van der Waals surface area (Å²) in [6, 6.07) is 0. The minimum absolute atomic E-state index is 0.0412. The van der Waals surface area contributed by atoms with Crippen molar-refractivity contribution < 1.29 is 14.6 Å². The van der Waals surface area contributed by atoms with Crippen LogP contribution in [0.2, 0.25) is 0 Å². The van der Waals surface area contributed by atoms with E-state index in [1.54, 1.807) is 0 Å². The van der Waals surface area contributed by atoms with Crippen molar-refractivity contribution in [3.8, 4) is 0 Å². The van der Waals surface area contributed by atoms with Gasteiger partial charge in [-0.3, -0.25) is 4.79 Å². The van der Waals surface area contributed by atoms with Gasteiger partial charge in [-0.15, -0.1) is 0 Å². The van der Waals surface area contributed by atoms with Crippen molar-refractivity contribution in [2.24, 2.45) is 0 Å². The Balaban J connectivity index is 3.49. The van der Waals surface area contributed by atoms with E-state index in [4.69, 9.17) is 4.74 Å². The first-order valence-electron chi connectivity index (χ1n) is 13.7. The van der Waals surface area contributed by atoms with Crippen LogP contribution in [0.5, 0.6) is 0 Å². The summed E-state index contributed by atoms with van der Waals surface area (Å²) in [7, 11) is 0. The Hall–Kier alpha value is -0.610. The molecule has 1 N–H and O–H groups in total. The lowest BCUT2D eigenvalue weighted by Crippen LogP contribution is -2.30. The van der Waals surface area contributed by atoms with Crippen LogP contribution in [-0.4, -0.2) is 48.8 Å². The highest BCUT2D eigenvalue weighted by molar-refractivity contribution is 5.69. The number of rotatable bonds is 25. The fraction of sp³-hybridized carbons (Fsp3) is 0.963. The van der Waals surface area contributed by atoms with Gasteiger partial charge in [-0.05, 0) is 25.8 Å². The molecule has 0 heterocycles. The Morgan fingerprint density at radius 1 is 0.613 bits per heavy atom. The lowest BCUT2D eigenvalue weighted by Gasteiger charge is -2.21. The van der Waals surface area contributed by atoms with Crippen LogP contribution in [0.15, 0.2) is 0 Å². The molecule has 0 aromatic rings.